The van der Waals surface area contributed by atoms with Gasteiger partial charge in [0.15, 0.2) is 0 Å². The summed E-state index contributed by atoms with van der Waals surface area (Å²) in [4.78, 5) is 23.3. The molecule has 1 fully saturated rings. The summed E-state index contributed by atoms with van der Waals surface area (Å²) in [5.41, 5.74) is 6.44. The van der Waals surface area contributed by atoms with Gasteiger partial charge in [-0.1, -0.05) is 12.1 Å². The molecule has 0 saturated heterocycles. The lowest BCUT2D eigenvalue weighted by molar-refractivity contribution is -0.142. The standard InChI is InChI=1S/C14H18N2O4/c15-10-3-1-9(2-4-10)14(6-7-14)13(20)16-11(5-8-17)12(18)19/h1-4,11,17H,5-8,15H2,(H,16,20)(H,18,19). The lowest BCUT2D eigenvalue weighted by atomic mass is 9.94. The summed E-state index contributed by atoms with van der Waals surface area (Å²) in [6.07, 6.45) is 1.38. The number of benzene rings is 1. The van der Waals surface area contributed by atoms with E-state index in [1.807, 2.05) is 0 Å². The number of hydrogen-bond acceptors (Lipinski definition) is 4. The second-order valence-corrected chi connectivity index (χ2v) is 5.08. The minimum atomic E-state index is -1.14. The fourth-order valence-corrected chi connectivity index (χ4v) is 2.26. The van der Waals surface area contributed by atoms with Gasteiger partial charge in [0.05, 0.1) is 5.41 Å². The highest BCUT2D eigenvalue weighted by Crippen LogP contribution is 2.48. The first kappa shape index (κ1) is 14.3. The minimum Gasteiger partial charge on any atom is -0.480 e. The van der Waals surface area contributed by atoms with Crippen molar-refractivity contribution in [1.82, 2.24) is 5.32 Å². The predicted octanol–water partition coefficient (Wildman–Crippen LogP) is 0.252. The molecule has 1 aromatic rings. The lowest BCUT2D eigenvalue weighted by Gasteiger charge is -2.19. The second kappa shape index (κ2) is 5.50. The number of carboxylic acids is 1. The number of aliphatic hydroxyl groups is 1. The first-order valence-corrected chi connectivity index (χ1v) is 6.50. The van der Waals surface area contributed by atoms with Gasteiger partial charge < -0.3 is 21.3 Å². The van der Waals surface area contributed by atoms with Gasteiger partial charge in [0, 0.05) is 18.7 Å². The van der Waals surface area contributed by atoms with E-state index in [2.05, 4.69) is 5.32 Å². The highest BCUT2D eigenvalue weighted by Gasteiger charge is 2.51. The van der Waals surface area contributed by atoms with Crippen LogP contribution in [0.3, 0.4) is 0 Å². The number of carbonyl (C=O) groups excluding carboxylic acids is 1. The summed E-state index contributed by atoms with van der Waals surface area (Å²) < 4.78 is 0. The summed E-state index contributed by atoms with van der Waals surface area (Å²) >= 11 is 0. The predicted molar refractivity (Wildman–Crippen MR) is 73.0 cm³/mol. The van der Waals surface area contributed by atoms with E-state index in [9.17, 15) is 9.59 Å². The largest absolute Gasteiger partial charge is 0.480 e. The number of amides is 1. The topological polar surface area (TPSA) is 113 Å². The second-order valence-electron chi connectivity index (χ2n) is 5.08. The Bertz CT molecular complexity index is 508. The van der Waals surface area contributed by atoms with E-state index in [1.165, 1.54) is 0 Å². The van der Waals surface area contributed by atoms with E-state index in [0.29, 0.717) is 18.5 Å². The van der Waals surface area contributed by atoms with Gasteiger partial charge in [0.1, 0.15) is 6.04 Å². The number of aliphatic hydroxyl groups excluding tert-OH is 1. The van der Waals surface area contributed by atoms with Crippen LogP contribution in [0.15, 0.2) is 24.3 Å². The Morgan fingerprint density at radius 2 is 1.90 bits per heavy atom. The Balaban J connectivity index is 2.12. The van der Waals surface area contributed by atoms with Crippen LogP contribution in [0.25, 0.3) is 0 Å². The molecule has 0 spiro atoms. The van der Waals surface area contributed by atoms with Gasteiger partial charge in [0.2, 0.25) is 5.91 Å². The zero-order chi connectivity index (χ0) is 14.8. The molecular weight excluding hydrogens is 260 g/mol. The highest BCUT2D eigenvalue weighted by atomic mass is 16.4. The van der Waals surface area contributed by atoms with Gasteiger partial charge >= 0.3 is 5.97 Å². The number of anilines is 1. The number of nitrogen functional groups attached to an aromatic ring is 1. The van der Waals surface area contributed by atoms with Crippen molar-refractivity contribution in [2.75, 3.05) is 12.3 Å². The molecule has 6 heteroatoms. The van der Waals surface area contributed by atoms with E-state index in [-0.39, 0.29) is 18.9 Å². The molecule has 1 atom stereocenters. The number of carbonyl (C=O) groups is 2. The number of nitrogens with two attached hydrogens (primary N) is 1. The van der Waals surface area contributed by atoms with Gasteiger partial charge in [0.25, 0.3) is 0 Å². The SMILES string of the molecule is Nc1ccc(C2(C(=O)NC(CCO)C(=O)O)CC2)cc1. The van der Waals surface area contributed by atoms with Crippen LogP contribution >= 0.6 is 0 Å². The van der Waals surface area contributed by atoms with Gasteiger partial charge in [-0.25, -0.2) is 4.79 Å². The van der Waals surface area contributed by atoms with Crippen LogP contribution < -0.4 is 11.1 Å². The maximum absolute atomic E-state index is 12.3. The van der Waals surface area contributed by atoms with E-state index in [0.717, 1.165) is 5.56 Å². The molecule has 0 aliphatic heterocycles. The van der Waals surface area contributed by atoms with E-state index < -0.39 is 17.4 Å². The number of hydrogen-bond donors (Lipinski definition) is 4. The molecule has 5 N–H and O–H groups in total. The molecule has 1 unspecified atom stereocenters. The highest BCUT2D eigenvalue weighted by molar-refractivity contribution is 5.94. The van der Waals surface area contributed by atoms with Gasteiger partial charge in [-0.15, -0.1) is 0 Å². The molecule has 0 bridgehead atoms. The Morgan fingerprint density at radius 3 is 2.35 bits per heavy atom. The molecule has 1 amide bonds. The van der Waals surface area contributed by atoms with Crippen LogP contribution in [0, 0.1) is 0 Å². The average molecular weight is 278 g/mol. The molecular formula is C14H18N2O4. The molecule has 0 radical (unpaired) electrons. The summed E-state index contributed by atoms with van der Waals surface area (Å²) in [5, 5.41) is 20.3. The zero-order valence-electron chi connectivity index (χ0n) is 11.0. The third-order valence-corrected chi connectivity index (χ3v) is 3.67. The Morgan fingerprint density at radius 1 is 1.30 bits per heavy atom. The van der Waals surface area contributed by atoms with Crippen LogP contribution in [0.5, 0.6) is 0 Å². The molecule has 6 nitrogen and oxygen atoms in total. The number of carboxylic acid groups (broad SMARTS) is 1. The van der Waals surface area contributed by atoms with Crippen LogP contribution in [-0.2, 0) is 15.0 Å². The fraction of sp³-hybridized carbons (Fsp3) is 0.429. The molecule has 2 rings (SSSR count). The van der Waals surface area contributed by atoms with Crippen LogP contribution in [0.1, 0.15) is 24.8 Å². The zero-order valence-corrected chi connectivity index (χ0v) is 11.0. The third kappa shape index (κ3) is 2.75. The monoisotopic (exact) mass is 278 g/mol. The molecule has 1 saturated carbocycles. The van der Waals surface area contributed by atoms with Crippen molar-refractivity contribution in [3.05, 3.63) is 29.8 Å². The van der Waals surface area contributed by atoms with Crippen molar-refractivity contribution < 1.29 is 19.8 Å². The molecule has 20 heavy (non-hydrogen) atoms. The van der Waals surface area contributed by atoms with Crippen LogP contribution in [0.2, 0.25) is 0 Å². The van der Waals surface area contributed by atoms with Crippen LogP contribution in [-0.4, -0.2) is 34.7 Å². The van der Waals surface area contributed by atoms with E-state index in [4.69, 9.17) is 15.9 Å². The van der Waals surface area contributed by atoms with E-state index >= 15 is 0 Å². The van der Waals surface area contributed by atoms with Crippen molar-refractivity contribution in [2.45, 2.75) is 30.7 Å². The van der Waals surface area contributed by atoms with Crippen molar-refractivity contribution in [3.63, 3.8) is 0 Å². The molecule has 1 aromatic carbocycles. The Kier molecular flexibility index (Phi) is 3.94. The minimum absolute atomic E-state index is 0.00110. The average Bonchev–Trinajstić information content (AvgIpc) is 3.20. The van der Waals surface area contributed by atoms with Crippen molar-refractivity contribution >= 4 is 17.6 Å². The first-order valence-electron chi connectivity index (χ1n) is 6.50. The maximum atomic E-state index is 12.3. The summed E-state index contributed by atoms with van der Waals surface area (Å²) in [7, 11) is 0. The fourth-order valence-electron chi connectivity index (χ4n) is 2.26. The number of rotatable bonds is 6. The first-order chi connectivity index (χ1) is 9.49. The molecule has 0 heterocycles. The quantitative estimate of drug-likeness (QED) is 0.557. The normalized spacial score (nSPS) is 17.2. The van der Waals surface area contributed by atoms with Crippen LogP contribution in [0.4, 0.5) is 5.69 Å². The summed E-state index contributed by atoms with van der Waals surface area (Å²) in [6.45, 7) is -0.286. The van der Waals surface area contributed by atoms with Gasteiger partial charge in [-0.3, -0.25) is 4.79 Å². The van der Waals surface area contributed by atoms with Gasteiger partial charge in [-0.05, 0) is 30.5 Å². The van der Waals surface area contributed by atoms with Gasteiger partial charge in [-0.2, -0.15) is 0 Å². The van der Waals surface area contributed by atoms with E-state index in [1.54, 1.807) is 24.3 Å². The van der Waals surface area contributed by atoms with Crippen molar-refractivity contribution in [1.29, 1.82) is 0 Å². The summed E-state index contributed by atoms with van der Waals surface area (Å²) in [6, 6.07) is 5.99. The number of nitrogens with one attached hydrogen (secondary N) is 1. The van der Waals surface area contributed by atoms with Crippen molar-refractivity contribution in [3.8, 4) is 0 Å². The Labute approximate surface area is 116 Å². The smallest absolute Gasteiger partial charge is 0.326 e. The maximum Gasteiger partial charge on any atom is 0.326 e. The van der Waals surface area contributed by atoms with Crippen molar-refractivity contribution in [2.24, 2.45) is 0 Å². The summed E-state index contributed by atoms with van der Waals surface area (Å²) in [5.74, 6) is -1.44. The number of aliphatic carboxylic acids is 1. The molecule has 1 aliphatic carbocycles. The lowest BCUT2D eigenvalue weighted by Crippen LogP contribution is -2.46. The molecule has 1 aliphatic rings. The Hall–Kier alpha value is -2.08. The molecule has 0 aromatic heterocycles. The molecule has 108 valence electrons. The third-order valence-electron chi connectivity index (χ3n) is 3.67.